The fraction of sp³-hybridized carbons (Fsp3) is 0.500. The SMILES string of the molecule is CN(C)C/C=C/C(=O)N1CCC(CNC2CCC(Nc3ncc(Cl)c(-c4c[nH]c5ccccc45)n3)CC2)CC1. The van der Waals surface area contributed by atoms with Crippen molar-refractivity contribution >= 4 is 34.4 Å². The number of carbonyl (C=O) groups is 1. The maximum Gasteiger partial charge on any atom is 0.246 e. The molecule has 39 heavy (non-hydrogen) atoms. The van der Waals surface area contributed by atoms with Crippen LogP contribution in [-0.2, 0) is 4.79 Å². The highest BCUT2D eigenvalue weighted by molar-refractivity contribution is 6.33. The lowest BCUT2D eigenvalue weighted by Gasteiger charge is -2.34. The lowest BCUT2D eigenvalue weighted by atomic mass is 9.90. The van der Waals surface area contributed by atoms with Gasteiger partial charge in [-0.2, -0.15) is 0 Å². The number of nitrogens with zero attached hydrogens (tertiary/aromatic N) is 4. The zero-order chi connectivity index (χ0) is 27.2. The zero-order valence-corrected chi connectivity index (χ0v) is 23.8. The van der Waals surface area contributed by atoms with Crippen LogP contribution in [0.1, 0.15) is 38.5 Å². The van der Waals surface area contributed by atoms with E-state index >= 15 is 0 Å². The molecule has 0 bridgehead atoms. The van der Waals surface area contributed by atoms with E-state index in [0.29, 0.717) is 29.0 Å². The Hall–Kier alpha value is -2.94. The summed E-state index contributed by atoms with van der Waals surface area (Å²) in [6.07, 6.45) is 13.9. The van der Waals surface area contributed by atoms with Crippen LogP contribution in [0.5, 0.6) is 0 Å². The zero-order valence-electron chi connectivity index (χ0n) is 23.0. The van der Waals surface area contributed by atoms with Gasteiger partial charge in [0.1, 0.15) is 0 Å². The van der Waals surface area contributed by atoms with Gasteiger partial charge in [-0.3, -0.25) is 4.79 Å². The molecule has 1 saturated heterocycles. The molecule has 2 fully saturated rings. The number of aromatic nitrogens is 3. The first-order chi connectivity index (χ1) is 19.0. The summed E-state index contributed by atoms with van der Waals surface area (Å²) >= 11 is 6.50. The molecule has 3 N–H and O–H groups in total. The fourth-order valence-electron chi connectivity index (χ4n) is 5.68. The van der Waals surface area contributed by atoms with E-state index < -0.39 is 0 Å². The van der Waals surface area contributed by atoms with Crippen molar-refractivity contribution in [2.24, 2.45) is 5.92 Å². The van der Waals surface area contributed by atoms with Gasteiger partial charge in [-0.15, -0.1) is 0 Å². The van der Waals surface area contributed by atoms with E-state index in [4.69, 9.17) is 16.6 Å². The monoisotopic (exact) mass is 549 g/mol. The third kappa shape index (κ3) is 7.18. The van der Waals surface area contributed by atoms with Gasteiger partial charge in [-0.1, -0.05) is 35.9 Å². The van der Waals surface area contributed by atoms with Gasteiger partial charge in [-0.05, 0) is 71.1 Å². The van der Waals surface area contributed by atoms with E-state index in [1.165, 1.54) is 0 Å². The molecular formula is C30H40ClN7O. The van der Waals surface area contributed by atoms with Gasteiger partial charge in [0.25, 0.3) is 0 Å². The quantitative estimate of drug-likeness (QED) is 0.327. The number of aromatic amines is 1. The Balaban J connectivity index is 1.05. The van der Waals surface area contributed by atoms with E-state index in [1.807, 2.05) is 43.4 Å². The van der Waals surface area contributed by atoms with Gasteiger partial charge >= 0.3 is 0 Å². The van der Waals surface area contributed by atoms with Crippen LogP contribution >= 0.6 is 11.6 Å². The number of hydrogen-bond donors (Lipinski definition) is 3. The maximum atomic E-state index is 12.4. The number of H-pyrrole nitrogens is 1. The molecule has 8 nitrogen and oxygen atoms in total. The second-order valence-electron chi connectivity index (χ2n) is 11.2. The van der Waals surface area contributed by atoms with Gasteiger partial charge in [0.15, 0.2) is 0 Å². The Morgan fingerprint density at radius 3 is 2.64 bits per heavy atom. The number of likely N-dealkylation sites (tertiary alicyclic amines) is 1. The number of para-hydroxylation sites is 1. The van der Waals surface area contributed by atoms with Gasteiger partial charge in [0.05, 0.1) is 16.9 Å². The standard InChI is InChI=1S/C30H40ClN7O/c1-37(2)15-5-8-28(39)38-16-13-21(14-17-38)18-32-22-9-11-23(12-10-22)35-30-34-20-26(31)29(36-30)25-19-33-27-7-4-3-6-24(25)27/h3-8,19-23,32-33H,9-18H2,1-2H3,(H,34,35,36)/b8-5+. The Kier molecular flexibility index (Phi) is 9.17. The van der Waals surface area contributed by atoms with Crippen molar-refractivity contribution in [3.05, 3.63) is 53.8 Å². The second-order valence-corrected chi connectivity index (χ2v) is 11.6. The molecular weight excluding hydrogens is 510 g/mol. The molecule has 208 valence electrons. The van der Waals surface area contributed by atoms with Crippen LogP contribution in [0.3, 0.4) is 0 Å². The fourth-order valence-corrected chi connectivity index (χ4v) is 5.87. The number of amides is 1. The lowest BCUT2D eigenvalue weighted by molar-refractivity contribution is -0.127. The molecule has 0 atom stereocenters. The topological polar surface area (TPSA) is 89.2 Å². The summed E-state index contributed by atoms with van der Waals surface area (Å²) in [5, 5.41) is 9.02. The largest absolute Gasteiger partial charge is 0.360 e. The average molecular weight is 550 g/mol. The molecule has 1 saturated carbocycles. The third-order valence-electron chi connectivity index (χ3n) is 8.00. The number of fused-ring (bicyclic) bond motifs is 1. The number of halogens is 1. The highest BCUT2D eigenvalue weighted by Crippen LogP contribution is 2.33. The molecule has 9 heteroatoms. The number of carbonyl (C=O) groups excluding carboxylic acids is 1. The van der Waals surface area contributed by atoms with Crippen LogP contribution in [-0.4, -0.2) is 83.0 Å². The molecule has 0 unspecified atom stereocenters. The van der Waals surface area contributed by atoms with Gasteiger partial charge in [-0.25, -0.2) is 9.97 Å². The number of hydrogen-bond acceptors (Lipinski definition) is 6. The first-order valence-electron chi connectivity index (χ1n) is 14.2. The molecule has 1 aliphatic heterocycles. The second kappa shape index (κ2) is 12.9. The molecule has 3 aromatic rings. The van der Waals surface area contributed by atoms with Crippen LogP contribution in [0.15, 0.2) is 48.8 Å². The van der Waals surface area contributed by atoms with Crippen molar-refractivity contribution in [3.8, 4) is 11.3 Å². The number of piperidine rings is 1. The third-order valence-corrected chi connectivity index (χ3v) is 8.28. The summed E-state index contributed by atoms with van der Waals surface area (Å²) in [6, 6.07) is 9.07. The van der Waals surface area contributed by atoms with Gasteiger partial charge < -0.3 is 25.4 Å². The minimum atomic E-state index is 0.146. The molecule has 1 amide bonds. The first kappa shape index (κ1) is 27.6. The summed E-state index contributed by atoms with van der Waals surface area (Å²) in [4.78, 5) is 29.0. The summed E-state index contributed by atoms with van der Waals surface area (Å²) in [7, 11) is 4.01. The van der Waals surface area contributed by atoms with Gasteiger partial charge in [0.2, 0.25) is 11.9 Å². The van der Waals surface area contributed by atoms with Crippen molar-refractivity contribution in [3.63, 3.8) is 0 Å². The van der Waals surface area contributed by atoms with Crippen molar-refractivity contribution in [1.82, 2.24) is 30.1 Å². The van der Waals surface area contributed by atoms with Gasteiger partial charge in [0, 0.05) is 60.5 Å². The Labute approximate surface area is 236 Å². The van der Waals surface area contributed by atoms with Crippen molar-refractivity contribution in [2.45, 2.75) is 50.6 Å². The average Bonchev–Trinajstić information content (AvgIpc) is 3.38. The number of rotatable bonds is 9. The molecule has 5 rings (SSSR count). The molecule has 2 aliphatic rings. The van der Waals surface area contributed by atoms with Crippen molar-refractivity contribution in [1.29, 1.82) is 0 Å². The highest BCUT2D eigenvalue weighted by atomic mass is 35.5. The maximum absolute atomic E-state index is 12.4. The lowest BCUT2D eigenvalue weighted by Crippen LogP contribution is -2.43. The summed E-state index contributed by atoms with van der Waals surface area (Å²) < 4.78 is 0. The first-order valence-corrected chi connectivity index (χ1v) is 14.5. The number of likely N-dealkylation sites (N-methyl/N-ethyl adjacent to an activating group) is 1. The molecule has 2 aromatic heterocycles. The number of benzene rings is 1. The summed E-state index contributed by atoms with van der Waals surface area (Å²) in [6.45, 7) is 3.55. The molecule has 3 heterocycles. The van der Waals surface area contributed by atoms with E-state index in [9.17, 15) is 4.79 Å². The smallest absolute Gasteiger partial charge is 0.246 e. The minimum Gasteiger partial charge on any atom is -0.360 e. The predicted octanol–water partition coefficient (Wildman–Crippen LogP) is 4.95. The Bertz CT molecular complexity index is 1270. The van der Waals surface area contributed by atoms with Crippen LogP contribution in [0, 0.1) is 5.92 Å². The van der Waals surface area contributed by atoms with Crippen LogP contribution < -0.4 is 10.6 Å². The summed E-state index contributed by atoms with van der Waals surface area (Å²) in [5.74, 6) is 1.42. The van der Waals surface area contributed by atoms with Crippen LogP contribution in [0.4, 0.5) is 5.95 Å². The van der Waals surface area contributed by atoms with Crippen molar-refractivity contribution in [2.75, 3.05) is 45.6 Å². The Morgan fingerprint density at radius 2 is 1.87 bits per heavy atom. The normalized spacial score (nSPS) is 20.8. The van der Waals surface area contributed by atoms with E-state index in [1.54, 1.807) is 12.3 Å². The van der Waals surface area contributed by atoms with E-state index in [-0.39, 0.29) is 5.91 Å². The Morgan fingerprint density at radius 1 is 1.13 bits per heavy atom. The van der Waals surface area contributed by atoms with Crippen LogP contribution in [0.25, 0.3) is 22.2 Å². The number of anilines is 1. The highest BCUT2D eigenvalue weighted by Gasteiger charge is 2.25. The molecule has 1 aromatic carbocycles. The summed E-state index contributed by atoms with van der Waals surface area (Å²) in [5.41, 5.74) is 2.80. The number of nitrogens with one attached hydrogen (secondary N) is 3. The molecule has 0 radical (unpaired) electrons. The molecule has 0 spiro atoms. The van der Waals surface area contributed by atoms with Crippen LogP contribution in [0.2, 0.25) is 5.02 Å². The minimum absolute atomic E-state index is 0.146. The van der Waals surface area contributed by atoms with E-state index in [2.05, 4.69) is 37.6 Å². The van der Waals surface area contributed by atoms with Crippen molar-refractivity contribution < 1.29 is 4.79 Å². The molecule has 1 aliphatic carbocycles. The van der Waals surface area contributed by atoms with E-state index in [0.717, 1.165) is 86.9 Å². The predicted molar refractivity (Wildman–Crippen MR) is 159 cm³/mol.